The Morgan fingerprint density at radius 3 is 2.09 bits per heavy atom. The van der Waals surface area contributed by atoms with Crippen LogP contribution < -0.4 is 5.32 Å². The summed E-state index contributed by atoms with van der Waals surface area (Å²) in [5.41, 5.74) is -0.0301. The monoisotopic (exact) mass is 473 g/mol. The lowest BCUT2D eigenvalue weighted by Gasteiger charge is -2.25. The standard InChI is InChI=1S/C23H39NO7S/c1-22(2,3)31-15-14-28-12-13-29-16-18-32(26,27)17-11-23(4,5)24-21(25)30-19-20-9-7-6-8-10-20/h6-10H,11-19H2,1-5H3,(H,24,25). The quantitative estimate of drug-likeness (QED) is 0.390. The number of alkyl carbamates (subject to hydrolysis) is 1. The number of sulfone groups is 1. The summed E-state index contributed by atoms with van der Waals surface area (Å²) in [4.78, 5) is 12.0. The summed E-state index contributed by atoms with van der Waals surface area (Å²) in [5.74, 6) is -0.127. The minimum Gasteiger partial charge on any atom is -0.445 e. The molecule has 1 amide bonds. The van der Waals surface area contributed by atoms with Crippen molar-refractivity contribution in [3.63, 3.8) is 0 Å². The largest absolute Gasteiger partial charge is 0.445 e. The lowest BCUT2D eigenvalue weighted by Crippen LogP contribution is -2.45. The number of carbonyl (C=O) groups excluding carboxylic acids is 1. The maximum absolute atomic E-state index is 12.3. The third-order valence-electron chi connectivity index (χ3n) is 4.36. The van der Waals surface area contributed by atoms with Gasteiger partial charge in [-0.3, -0.25) is 0 Å². The molecule has 0 radical (unpaired) electrons. The number of nitrogens with one attached hydrogen (secondary N) is 1. The number of ether oxygens (including phenoxy) is 4. The highest BCUT2D eigenvalue weighted by atomic mass is 32.2. The summed E-state index contributed by atoms with van der Waals surface area (Å²) >= 11 is 0. The van der Waals surface area contributed by atoms with E-state index in [1.165, 1.54) is 0 Å². The predicted octanol–water partition coefficient (Wildman–Crippen LogP) is 3.34. The van der Waals surface area contributed by atoms with Gasteiger partial charge in [0.05, 0.1) is 50.1 Å². The predicted molar refractivity (Wildman–Crippen MR) is 124 cm³/mol. The van der Waals surface area contributed by atoms with Crippen molar-refractivity contribution < 1.29 is 32.2 Å². The summed E-state index contributed by atoms with van der Waals surface area (Å²) in [5, 5.41) is 2.73. The summed E-state index contributed by atoms with van der Waals surface area (Å²) < 4.78 is 46.0. The Morgan fingerprint density at radius 1 is 0.875 bits per heavy atom. The fraction of sp³-hybridized carbons (Fsp3) is 0.696. The van der Waals surface area contributed by atoms with Crippen molar-refractivity contribution in [1.82, 2.24) is 5.32 Å². The first-order valence-electron chi connectivity index (χ1n) is 10.9. The van der Waals surface area contributed by atoms with Gasteiger partial charge in [0.15, 0.2) is 9.84 Å². The number of amides is 1. The molecule has 0 saturated carbocycles. The molecule has 1 aromatic rings. The van der Waals surface area contributed by atoms with Crippen LogP contribution in [0.15, 0.2) is 30.3 Å². The van der Waals surface area contributed by atoms with Crippen LogP contribution in [0.1, 0.15) is 46.6 Å². The van der Waals surface area contributed by atoms with Gasteiger partial charge in [-0.2, -0.15) is 0 Å². The highest BCUT2D eigenvalue weighted by molar-refractivity contribution is 7.91. The fourth-order valence-electron chi connectivity index (χ4n) is 2.53. The molecule has 0 aromatic heterocycles. The van der Waals surface area contributed by atoms with Gasteiger partial charge in [0.25, 0.3) is 0 Å². The lowest BCUT2D eigenvalue weighted by atomic mass is 10.0. The van der Waals surface area contributed by atoms with Crippen LogP contribution in [0.5, 0.6) is 0 Å². The van der Waals surface area contributed by atoms with Crippen LogP contribution in [0, 0.1) is 0 Å². The van der Waals surface area contributed by atoms with Crippen LogP contribution in [0.4, 0.5) is 4.79 Å². The van der Waals surface area contributed by atoms with Crippen LogP contribution >= 0.6 is 0 Å². The Balaban J connectivity index is 2.16. The normalized spacial score (nSPS) is 12.5. The van der Waals surface area contributed by atoms with E-state index < -0.39 is 21.5 Å². The molecule has 1 rings (SSSR count). The molecule has 9 heteroatoms. The van der Waals surface area contributed by atoms with Crippen LogP contribution in [0.25, 0.3) is 0 Å². The van der Waals surface area contributed by atoms with E-state index >= 15 is 0 Å². The zero-order chi connectivity index (χ0) is 24.1. The van der Waals surface area contributed by atoms with Gasteiger partial charge >= 0.3 is 6.09 Å². The molecule has 0 aliphatic heterocycles. The van der Waals surface area contributed by atoms with E-state index in [1.54, 1.807) is 13.8 Å². The van der Waals surface area contributed by atoms with Gasteiger partial charge in [0.2, 0.25) is 0 Å². The Kier molecular flexibility index (Phi) is 12.2. The zero-order valence-electron chi connectivity index (χ0n) is 20.0. The van der Waals surface area contributed by atoms with E-state index in [1.807, 2.05) is 51.1 Å². The van der Waals surface area contributed by atoms with Crippen LogP contribution in [-0.2, 0) is 35.4 Å². The van der Waals surface area contributed by atoms with E-state index in [2.05, 4.69) is 5.32 Å². The molecule has 184 valence electrons. The summed E-state index contributed by atoms with van der Waals surface area (Å²) in [6.07, 6.45) is -0.306. The first-order valence-corrected chi connectivity index (χ1v) is 12.7. The van der Waals surface area contributed by atoms with Crippen LogP contribution in [0.2, 0.25) is 0 Å². The molecule has 0 fully saturated rings. The SMILES string of the molecule is CC(C)(CCS(=O)(=O)CCOCCOCCOC(C)(C)C)NC(=O)OCc1ccccc1. The molecule has 0 saturated heterocycles. The van der Waals surface area contributed by atoms with Gasteiger partial charge in [-0.25, -0.2) is 13.2 Å². The second-order valence-corrected chi connectivity index (χ2v) is 11.5. The third-order valence-corrected chi connectivity index (χ3v) is 5.98. The molecule has 1 aromatic carbocycles. The van der Waals surface area contributed by atoms with Crippen molar-refractivity contribution in [1.29, 1.82) is 0 Å². The Labute approximate surface area is 192 Å². The van der Waals surface area contributed by atoms with E-state index in [4.69, 9.17) is 18.9 Å². The van der Waals surface area contributed by atoms with Crippen molar-refractivity contribution in [2.45, 2.75) is 58.8 Å². The van der Waals surface area contributed by atoms with Gasteiger partial charge in [-0.1, -0.05) is 30.3 Å². The molecular formula is C23H39NO7S. The van der Waals surface area contributed by atoms with E-state index in [0.717, 1.165) is 5.56 Å². The van der Waals surface area contributed by atoms with Crippen molar-refractivity contribution in [3.05, 3.63) is 35.9 Å². The molecule has 0 spiro atoms. The third kappa shape index (κ3) is 15.2. The minimum absolute atomic E-state index is 0.0526. The van der Waals surface area contributed by atoms with Crippen molar-refractivity contribution in [2.24, 2.45) is 0 Å². The molecular weight excluding hydrogens is 434 g/mol. The maximum atomic E-state index is 12.3. The van der Waals surface area contributed by atoms with Crippen LogP contribution in [-0.4, -0.2) is 70.2 Å². The van der Waals surface area contributed by atoms with Gasteiger partial charge in [0, 0.05) is 5.54 Å². The molecule has 8 nitrogen and oxygen atoms in total. The molecule has 32 heavy (non-hydrogen) atoms. The number of benzene rings is 1. The maximum Gasteiger partial charge on any atom is 0.407 e. The van der Waals surface area contributed by atoms with Gasteiger partial charge in [-0.15, -0.1) is 0 Å². The average Bonchev–Trinajstić information content (AvgIpc) is 2.69. The molecule has 0 bridgehead atoms. The number of hydrogen-bond acceptors (Lipinski definition) is 7. The smallest absolute Gasteiger partial charge is 0.407 e. The number of rotatable bonds is 15. The van der Waals surface area contributed by atoms with Gasteiger partial charge < -0.3 is 24.3 Å². The van der Waals surface area contributed by atoms with E-state index in [-0.39, 0.29) is 36.7 Å². The summed E-state index contributed by atoms with van der Waals surface area (Å²) in [7, 11) is -3.30. The average molecular weight is 474 g/mol. The fourth-order valence-corrected chi connectivity index (χ4v) is 3.92. The van der Waals surface area contributed by atoms with Crippen molar-refractivity contribution >= 4 is 15.9 Å². The Hall–Kier alpha value is -1.68. The van der Waals surface area contributed by atoms with Crippen LogP contribution in [0.3, 0.4) is 0 Å². The number of hydrogen-bond donors (Lipinski definition) is 1. The highest BCUT2D eigenvalue weighted by Crippen LogP contribution is 2.12. The van der Waals surface area contributed by atoms with Gasteiger partial charge in [0.1, 0.15) is 6.61 Å². The van der Waals surface area contributed by atoms with E-state index in [9.17, 15) is 13.2 Å². The first kappa shape index (κ1) is 28.4. The molecule has 0 aliphatic rings. The Bertz CT molecular complexity index is 758. The topological polar surface area (TPSA) is 100 Å². The van der Waals surface area contributed by atoms with Gasteiger partial charge in [-0.05, 0) is 46.6 Å². The van der Waals surface area contributed by atoms with Crippen molar-refractivity contribution in [3.8, 4) is 0 Å². The molecule has 0 heterocycles. The summed E-state index contributed by atoms with van der Waals surface area (Å²) in [6.45, 7) is 11.4. The second kappa shape index (κ2) is 13.8. The minimum atomic E-state index is -3.30. The lowest BCUT2D eigenvalue weighted by molar-refractivity contribution is -0.0418. The molecule has 0 atom stereocenters. The highest BCUT2D eigenvalue weighted by Gasteiger charge is 2.24. The number of carbonyl (C=O) groups is 1. The molecule has 0 unspecified atom stereocenters. The molecule has 1 N–H and O–H groups in total. The van der Waals surface area contributed by atoms with Crippen molar-refractivity contribution in [2.75, 3.05) is 44.5 Å². The first-order chi connectivity index (χ1) is 14.9. The molecule has 0 aliphatic carbocycles. The zero-order valence-corrected chi connectivity index (χ0v) is 20.8. The summed E-state index contributed by atoms with van der Waals surface area (Å²) in [6, 6.07) is 9.34. The second-order valence-electron chi connectivity index (χ2n) is 9.16. The van der Waals surface area contributed by atoms with E-state index in [0.29, 0.717) is 26.4 Å². The Morgan fingerprint density at radius 2 is 1.47 bits per heavy atom.